The van der Waals surface area contributed by atoms with Crippen LogP contribution in [-0.4, -0.2) is 134 Å². The molecule has 0 aromatic carbocycles. The van der Waals surface area contributed by atoms with E-state index in [0.29, 0.717) is 85.0 Å². The fourth-order valence-corrected chi connectivity index (χ4v) is 5.91. The quantitative estimate of drug-likeness (QED) is 0.0590. The molecule has 5 N–H and O–H groups in total. The molecule has 0 bridgehead atoms. The Kier molecular flexibility index (Phi) is 43.1. The van der Waals surface area contributed by atoms with Gasteiger partial charge < -0.3 is 50.1 Å². The molecule has 0 saturated carbocycles. The molecule has 1 atom stereocenters. The fourth-order valence-electron chi connectivity index (χ4n) is 5.91. The van der Waals surface area contributed by atoms with Gasteiger partial charge in [0.2, 0.25) is 17.7 Å². The monoisotopic (exact) mass is 845 g/mol. The largest absolute Gasteiger partial charge is 0.379 e. The standard InChI is InChI=1S/C44H84N4O11/c1-3-4-5-6-7-8-9-10-11-12-13-14-15-16-17-23-42(51)47-25-28-55-31-33-57-36-40(50)21-20-27-54-30-34-58-38-44(53)48-26-29-56-32-35-59-37-43(52)46-24-19-18-22-41(45)39(2)49/h41H,3-38,45H2,1-2H3,(H,46,52)(H,47,51)(H,48,53)/t41-/m0/s1. The van der Waals surface area contributed by atoms with Gasteiger partial charge in [-0.15, -0.1) is 0 Å². The molecule has 0 aliphatic carbocycles. The average molecular weight is 845 g/mol. The third-order valence-corrected chi connectivity index (χ3v) is 9.52. The highest BCUT2D eigenvalue weighted by molar-refractivity contribution is 5.81. The number of hydrogen-bond acceptors (Lipinski definition) is 12. The van der Waals surface area contributed by atoms with Gasteiger partial charge >= 0.3 is 0 Å². The number of hydrogen-bond donors (Lipinski definition) is 4. The second-order valence-corrected chi connectivity index (χ2v) is 15.1. The van der Waals surface area contributed by atoms with Crippen molar-refractivity contribution in [3.63, 3.8) is 0 Å². The lowest BCUT2D eigenvalue weighted by Crippen LogP contribution is -2.31. The second kappa shape index (κ2) is 45.0. The molecule has 0 spiro atoms. The Hall–Kier alpha value is -2.53. The zero-order valence-corrected chi connectivity index (χ0v) is 37.1. The lowest BCUT2D eigenvalue weighted by atomic mass is 10.0. The van der Waals surface area contributed by atoms with E-state index in [1.165, 1.54) is 90.4 Å². The summed E-state index contributed by atoms with van der Waals surface area (Å²) in [5.74, 6) is -0.460. The van der Waals surface area contributed by atoms with Gasteiger partial charge in [-0.05, 0) is 39.0 Å². The summed E-state index contributed by atoms with van der Waals surface area (Å²) in [6.07, 6.45) is 23.2. The van der Waals surface area contributed by atoms with Gasteiger partial charge in [0.1, 0.15) is 25.6 Å². The molecule has 59 heavy (non-hydrogen) atoms. The molecule has 0 rings (SSSR count). The normalized spacial score (nSPS) is 11.7. The molecular formula is C44H84N4O11. The number of Topliss-reactive ketones (excluding diaryl/α,β-unsaturated/α-hetero) is 2. The van der Waals surface area contributed by atoms with Crippen LogP contribution >= 0.6 is 0 Å². The predicted molar refractivity (Wildman–Crippen MR) is 230 cm³/mol. The van der Waals surface area contributed by atoms with E-state index in [9.17, 15) is 24.0 Å². The molecule has 0 saturated heterocycles. The third kappa shape index (κ3) is 44.8. The van der Waals surface area contributed by atoms with Crippen molar-refractivity contribution in [2.24, 2.45) is 5.73 Å². The molecule has 15 heteroatoms. The Morgan fingerprint density at radius 3 is 1.36 bits per heavy atom. The molecule has 0 aromatic rings. The SMILES string of the molecule is CCCCCCCCCCCCCCCCCC(=O)NCCOCCOCC(=O)CCCOCCOCC(=O)NCCOCCOCC(=O)NCCCC[C@H](N)C(C)=O. The van der Waals surface area contributed by atoms with Crippen molar-refractivity contribution in [2.45, 2.75) is 155 Å². The number of ether oxygens (including phenoxy) is 6. The van der Waals surface area contributed by atoms with Crippen LogP contribution in [0.2, 0.25) is 0 Å². The number of unbranched alkanes of at least 4 members (excludes halogenated alkanes) is 15. The van der Waals surface area contributed by atoms with Crippen LogP contribution in [0.25, 0.3) is 0 Å². The molecule has 346 valence electrons. The van der Waals surface area contributed by atoms with E-state index in [2.05, 4.69) is 22.9 Å². The van der Waals surface area contributed by atoms with Crippen molar-refractivity contribution in [1.29, 1.82) is 0 Å². The van der Waals surface area contributed by atoms with Crippen LogP contribution in [0.3, 0.4) is 0 Å². The van der Waals surface area contributed by atoms with Gasteiger partial charge in [-0.2, -0.15) is 0 Å². The Labute approximate surface area is 356 Å². The van der Waals surface area contributed by atoms with E-state index in [4.69, 9.17) is 34.2 Å². The molecule has 0 aliphatic rings. The minimum absolute atomic E-state index is 0.0105. The van der Waals surface area contributed by atoms with Crippen LogP contribution in [0.1, 0.15) is 149 Å². The van der Waals surface area contributed by atoms with Gasteiger partial charge in [-0.1, -0.05) is 96.8 Å². The molecule has 0 aliphatic heterocycles. The summed E-state index contributed by atoms with van der Waals surface area (Å²) in [6, 6.07) is -0.438. The van der Waals surface area contributed by atoms with Crippen molar-refractivity contribution in [3.8, 4) is 0 Å². The lowest BCUT2D eigenvalue weighted by Gasteiger charge is -2.09. The number of carbonyl (C=O) groups excluding carboxylic acids is 5. The molecule has 0 fully saturated rings. The summed E-state index contributed by atoms with van der Waals surface area (Å²) >= 11 is 0. The third-order valence-electron chi connectivity index (χ3n) is 9.52. The molecule has 0 unspecified atom stereocenters. The highest BCUT2D eigenvalue weighted by Crippen LogP contribution is 2.13. The smallest absolute Gasteiger partial charge is 0.246 e. The van der Waals surface area contributed by atoms with Gasteiger partial charge in [-0.3, -0.25) is 24.0 Å². The van der Waals surface area contributed by atoms with Crippen molar-refractivity contribution < 1.29 is 52.4 Å². The topological polar surface area (TPSA) is 203 Å². The van der Waals surface area contributed by atoms with Crippen LogP contribution in [0.4, 0.5) is 0 Å². The molecule has 0 aromatic heterocycles. The zero-order chi connectivity index (χ0) is 43.3. The van der Waals surface area contributed by atoms with Crippen LogP contribution in [0.5, 0.6) is 0 Å². The molecule has 15 nitrogen and oxygen atoms in total. The van der Waals surface area contributed by atoms with Crippen LogP contribution in [-0.2, 0) is 52.4 Å². The maximum Gasteiger partial charge on any atom is 0.246 e. The fraction of sp³-hybridized carbons (Fsp3) is 0.886. The van der Waals surface area contributed by atoms with Gasteiger partial charge in [0.15, 0.2) is 5.78 Å². The lowest BCUT2D eigenvalue weighted by molar-refractivity contribution is -0.127. The first kappa shape index (κ1) is 56.5. The predicted octanol–water partition coefficient (Wildman–Crippen LogP) is 5.13. The Morgan fingerprint density at radius 2 is 0.847 bits per heavy atom. The summed E-state index contributed by atoms with van der Waals surface area (Å²) in [4.78, 5) is 58.8. The Balaban J connectivity index is 3.36. The van der Waals surface area contributed by atoms with E-state index >= 15 is 0 Å². The Bertz CT molecular complexity index is 1020. The summed E-state index contributed by atoms with van der Waals surface area (Å²) < 4.78 is 32.3. The van der Waals surface area contributed by atoms with Crippen molar-refractivity contribution in [2.75, 3.05) is 98.9 Å². The molecule has 0 radical (unpaired) electrons. The van der Waals surface area contributed by atoms with Gasteiger partial charge in [-0.25, -0.2) is 0 Å². The Morgan fingerprint density at radius 1 is 0.424 bits per heavy atom. The van der Waals surface area contributed by atoms with E-state index < -0.39 is 6.04 Å². The zero-order valence-electron chi connectivity index (χ0n) is 37.1. The van der Waals surface area contributed by atoms with E-state index in [1.807, 2.05) is 0 Å². The van der Waals surface area contributed by atoms with Gasteiger partial charge in [0.25, 0.3) is 0 Å². The van der Waals surface area contributed by atoms with Crippen LogP contribution in [0.15, 0.2) is 0 Å². The number of nitrogens with two attached hydrogens (primary N) is 1. The minimum atomic E-state index is -0.438. The van der Waals surface area contributed by atoms with Crippen LogP contribution < -0.4 is 21.7 Å². The number of ketones is 2. The van der Waals surface area contributed by atoms with E-state index in [1.54, 1.807) is 0 Å². The first-order valence-corrected chi connectivity index (χ1v) is 22.8. The molecular weight excluding hydrogens is 761 g/mol. The van der Waals surface area contributed by atoms with Crippen molar-refractivity contribution in [3.05, 3.63) is 0 Å². The number of carbonyl (C=O) groups is 5. The van der Waals surface area contributed by atoms with Crippen LogP contribution in [0, 0.1) is 0 Å². The summed E-state index contributed by atoms with van der Waals surface area (Å²) in [6.45, 7) is 7.77. The maximum absolute atomic E-state index is 12.0. The van der Waals surface area contributed by atoms with Crippen molar-refractivity contribution in [1.82, 2.24) is 16.0 Å². The summed E-state index contributed by atoms with van der Waals surface area (Å²) in [5, 5.41) is 8.33. The maximum atomic E-state index is 12.0. The van der Waals surface area contributed by atoms with Crippen molar-refractivity contribution >= 4 is 29.3 Å². The molecule has 0 heterocycles. The summed E-state index contributed by atoms with van der Waals surface area (Å²) in [5.41, 5.74) is 5.68. The second-order valence-electron chi connectivity index (χ2n) is 15.1. The van der Waals surface area contributed by atoms with E-state index in [0.717, 1.165) is 25.7 Å². The average Bonchev–Trinajstić information content (AvgIpc) is 3.21. The highest BCUT2D eigenvalue weighted by atomic mass is 16.5. The van der Waals surface area contributed by atoms with Gasteiger partial charge in [0, 0.05) is 39.1 Å². The highest BCUT2D eigenvalue weighted by Gasteiger charge is 2.08. The minimum Gasteiger partial charge on any atom is -0.379 e. The number of amides is 3. The summed E-state index contributed by atoms with van der Waals surface area (Å²) in [7, 11) is 0. The van der Waals surface area contributed by atoms with Gasteiger partial charge in [0.05, 0.1) is 58.9 Å². The first-order valence-electron chi connectivity index (χ1n) is 22.8. The number of rotatable bonds is 47. The molecule has 3 amide bonds. The number of nitrogens with one attached hydrogen (secondary N) is 3. The van der Waals surface area contributed by atoms with E-state index in [-0.39, 0.29) is 68.9 Å². The first-order chi connectivity index (χ1) is 28.8.